The van der Waals surface area contributed by atoms with Gasteiger partial charge >= 0.3 is 5.97 Å². The molecule has 2 amide bonds. The largest absolute Gasteiger partial charge is 0.462 e. The van der Waals surface area contributed by atoms with Crippen LogP contribution in [0.1, 0.15) is 46.9 Å². The van der Waals surface area contributed by atoms with Crippen molar-refractivity contribution < 1.29 is 23.9 Å². The first-order valence-electron chi connectivity index (χ1n) is 10.9. The molecule has 3 rings (SSSR count). The Morgan fingerprint density at radius 3 is 2.59 bits per heavy atom. The van der Waals surface area contributed by atoms with E-state index in [0.717, 1.165) is 25.9 Å². The summed E-state index contributed by atoms with van der Waals surface area (Å²) in [5, 5.41) is 8.67. The van der Waals surface area contributed by atoms with Gasteiger partial charge in [0, 0.05) is 30.1 Å². The molecule has 0 spiro atoms. The highest BCUT2D eigenvalue weighted by Crippen LogP contribution is 2.14. The number of hydrogen-bond donors (Lipinski definition) is 3. The SMILES string of the molecule is CCCOC(=O)c1ccc(NC(=O)CNc2cccc(C(=O)NCC3CCCO3)c2)cc1. The van der Waals surface area contributed by atoms with Crippen LogP contribution in [0.2, 0.25) is 0 Å². The third kappa shape index (κ3) is 7.09. The van der Waals surface area contributed by atoms with Crippen LogP contribution < -0.4 is 16.0 Å². The van der Waals surface area contributed by atoms with Gasteiger partial charge in [0.25, 0.3) is 5.91 Å². The van der Waals surface area contributed by atoms with E-state index in [4.69, 9.17) is 9.47 Å². The second-order valence-electron chi connectivity index (χ2n) is 7.54. The van der Waals surface area contributed by atoms with Gasteiger partial charge in [-0.3, -0.25) is 9.59 Å². The maximum atomic E-state index is 12.4. The first-order chi connectivity index (χ1) is 15.5. The second kappa shape index (κ2) is 11.9. The third-order valence-corrected chi connectivity index (χ3v) is 4.93. The summed E-state index contributed by atoms with van der Waals surface area (Å²) in [6, 6.07) is 13.5. The van der Waals surface area contributed by atoms with E-state index in [2.05, 4.69) is 16.0 Å². The Kier molecular flexibility index (Phi) is 8.62. The molecule has 3 N–H and O–H groups in total. The van der Waals surface area contributed by atoms with Crippen LogP contribution in [-0.4, -0.2) is 50.2 Å². The average molecular weight is 440 g/mol. The van der Waals surface area contributed by atoms with Gasteiger partial charge in [-0.2, -0.15) is 0 Å². The Bertz CT molecular complexity index is 923. The van der Waals surface area contributed by atoms with Crippen LogP contribution in [0.4, 0.5) is 11.4 Å². The number of esters is 1. The van der Waals surface area contributed by atoms with E-state index in [0.29, 0.717) is 35.7 Å². The molecule has 8 heteroatoms. The van der Waals surface area contributed by atoms with Crippen molar-refractivity contribution in [3.63, 3.8) is 0 Å². The smallest absolute Gasteiger partial charge is 0.338 e. The molecule has 1 saturated heterocycles. The molecular weight excluding hydrogens is 410 g/mol. The molecule has 170 valence electrons. The van der Waals surface area contributed by atoms with Gasteiger partial charge in [0.1, 0.15) is 0 Å². The molecule has 0 radical (unpaired) electrons. The number of amides is 2. The molecular formula is C24H29N3O5. The van der Waals surface area contributed by atoms with Gasteiger partial charge in [-0.25, -0.2) is 4.79 Å². The van der Waals surface area contributed by atoms with Crippen molar-refractivity contribution in [3.05, 3.63) is 59.7 Å². The highest BCUT2D eigenvalue weighted by Gasteiger charge is 2.17. The second-order valence-corrected chi connectivity index (χ2v) is 7.54. The number of anilines is 2. The average Bonchev–Trinajstić information content (AvgIpc) is 3.34. The number of carbonyl (C=O) groups is 3. The van der Waals surface area contributed by atoms with Crippen LogP contribution in [0.25, 0.3) is 0 Å². The summed E-state index contributed by atoms with van der Waals surface area (Å²) >= 11 is 0. The third-order valence-electron chi connectivity index (χ3n) is 4.93. The summed E-state index contributed by atoms with van der Waals surface area (Å²) in [5.41, 5.74) is 2.19. The lowest BCUT2D eigenvalue weighted by atomic mass is 10.1. The summed E-state index contributed by atoms with van der Waals surface area (Å²) in [6.45, 7) is 3.57. The van der Waals surface area contributed by atoms with Crippen LogP contribution in [0.15, 0.2) is 48.5 Å². The van der Waals surface area contributed by atoms with Gasteiger partial charge in [-0.05, 0) is 61.7 Å². The summed E-state index contributed by atoms with van der Waals surface area (Å²) < 4.78 is 10.6. The Morgan fingerprint density at radius 2 is 1.88 bits per heavy atom. The van der Waals surface area contributed by atoms with E-state index in [9.17, 15) is 14.4 Å². The zero-order valence-electron chi connectivity index (χ0n) is 18.2. The van der Waals surface area contributed by atoms with Crippen LogP contribution in [0.3, 0.4) is 0 Å². The molecule has 0 aliphatic carbocycles. The number of carbonyl (C=O) groups excluding carboxylic acids is 3. The fourth-order valence-electron chi connectivity index (χ4n) is 3.24. The molecule has 1 unspecified atom stereocenters. The number of ether oxygens (including phenoxy) is 2. The molecule has 8 nitrogen and oxygen atoms in total. The van der Waals surface area contributed by atoms with E-state index in [1.54, 1.807) is 48.5 Å². The highest BCUT2D eigenvalue weighted by atomic mass is 16.5. The zero-order valence-corrected chi connectivity index (χ0v) is 18.2. The normalized spacial score (nSPS) is 15.1. The minimum absolute atomic E-state index is 0.0290. The summed E-state index contributed by atoms with van der Waals surface area (Å²) in [5.74, 6) is -0.809. The molecule has 1 heterocycles. The predicted octanol–water partition coefficient (Wildman–Crippen LogP) is 3.21. The van der Waals surface area contributed by atoms with E-state index in [1.807, 2.05) is 6.92 Å². The summed E-state index contributed by atoms with van der Waals surface area (Å²) in [4.78, 5) is 36.4. The Hall–Kier alpha value is -3.39. The van der Waals surface area contributed by atoms with Gasteiger partial charge in [-0.1, -0.05) is 13.0 Å². The van der Waals surface area contributed by atoms with Crippen molar-refractivity contribution in [1.29, 1.82) is 0 Å². The molecule has 0 aromatic heterocycles. The molecule has 2 aromatic carbocycles. The topological polar surface area (TPSA) is 106 Å². The van der Waals surface area contributed by atoms with E-state index < -0.39 is 0 Å². The zero-order chi connectivity index (χ0) is 22.8. The van der Waals surface area contributed by atoms with E-state index >= 15 is 0 Å². The van der Waals surface area contributed by atoms with Gasteiger partial charge in [0.2, 0.25) is 5.91 Å². The van der Waals surface area contributed by atoms with Gasteiger partial charge < -0.3 is 25.4 Å². The quantitative estimate of drug-likeness (QED) is 0.491. The number of rotatable bonds is 10. The molecule has 0 bridgehead atoms. The van der Waals surface area contributed by atoms with Crippen LogP contribution in [-0.2, 0) is 14.3 Å². The van der Waals surface area contributed by atoms with E-state index in [-0.39, 0.29) is 30.4 Å². The van der Waals surface area contributed by atoms with Gasteiger partial charge in [0.15, 0.2) is 0 Å². The molecule has 0 saturated carbocycles. The first kappa shape index (κ1) is 23.3. The standard InChI is InChI=1S/C24H29N3O5/c1-2-12-32-24(30)17-8-10-19(11-9-17)27-22(28)16-25-20-6-3-5-18(14-20)23(29)26-15-21-7-4-13-31-21/h3,5-6,8-11,14,21,25H,2,4,7,12-13,15-16H2,1H3,(H,26,29)(H,27,28). The molecule has 2 aromatic rings. The van der Waals surface area contributed by atoms with Crippen molar-refractivity contribution in [1.82, 2.24) is 5.32 Å². The Labute approximate surface area is 187 Å². The minimum atomic E-state index is -0.383. The lowest BCUT2D eigenvalue weighted by Gasteiger charge is -2.12. The summed E-state index contributed by atoms with van der Waals surface area (Å²) in [7, 11) is 0. The van der Waals surface area contributed by atoms with Gasteiger partial charge in [0.05, 0.1) is 24.8 Å². The molecule has 1 aliphatic heterocycles. The molecule has 1 fully saturated rings. The van der Waals surface area contributed by atoms with Crippen LogP contribution >= 0.6 is 0 Å². The number of nitrogens with one attached hydrogen (secondary N) is 3. The molecule has 32 heavy (non-hydrogen) atoms. The van der Waals surface area contributed by atoms with Crippen LogP contribution in [0, 0.1) is 0 Å². The van der Waals surface area contributed by atoms with Crippen LogP contribution in [0.5, 0.6) is 0 Å². The minimum Gasteiger partial charge on any atom is -0.462 e. The van der Waals surface area contributed by atoms with Crippen molar-refractivity contribution in [2.45, 2.75) is 32.3 Å². The first-order valence-corrected chi connectivity index (χ1v) is 10.9. The number of hydrogen-bond acceptors (Lipinski definition) is 6. The predicted molar refractivity (Wildman–Crippen MR) is 122 cm³/mol. The fourth-order valence-corrected chi connectivity index (χ4v) is 3.24. The Morgan fingerprint density at radius 1 is 1.06 bits per heavy atom. The Balaban J connectivity index is 1.45. The van der Waals surface area contributed by atoms with Crippen molar-refractivity contribution >= 4 is 29.2 Å². The maximum absolute atomic E-state index is 12.4. The lowest BCUT2D eigenvalue weighted by Crippen LogP contribution is -2.31. The lowest BCUT2D eigenvalue weighted by molar-refractivity contribution is -0.114. The fraction of sp³-hybridized carbons (Fsp3) is 0.375. The van der Waals surface area contributed by atoms with E-state index in [1.165, 1.54) is 0 Å². The monoisotopic (exact) mass is 439 g/mol. The maximum Gasteiger partial charge on any atom is 0.338 e. The summed E-state index contributed by atoms with van der Waals surface area (Å²) in [6.07, 6.45) is 2.83. The molecule has 1 aliphatic rings. The number of benzene rings is 2. The van der Waals surface area contributed by atoms with Crippen molar-refractivity contribution in [2.75, 3.05) is 36.9 Å². The van der Waals surface area contributed by atoms with Crippen molar-refractivity contribution in [2.24, 2.45) is 0 Å². The van der Waals surface area contributed by atoms with Crippen molar-refractivity contribution in [3.8, 4) is 0 Å². The highest BCUT2D eigenvalue weighted by molar-refractivity contribution is 5.96. The van der Waals surface area contributed by atoms with Gasteiger partial charge in [-0.15, -0.1) is 0 Å². The molecule has 1 atom stereocenters.